The van der Waals surface area contributed by atoms with Crippen LogP contribution in [0.3, 0.4) is 0 Å². The van der Waals surface area contributed by atoms with E-state index in [1.165, 1.54) is 5.69 Å². The van der Waals surface area contributed by atoms with E-state index >= 15 is 0 Å². The molecule has 0 spiro atoms. The van der Waals surface area contributed by atoms with E-state index in [2.05, 4.69) is 74.2 Å². The first-order chi connectivity index (χ1) is 6.73. The summed E-state index contributed by atoms with van der Waals surface area (Å²) in [5.74, 6) is 0. The normalized spacial score (nSPS) is 13.7. The Bertz CT molecular complexity index is 292. The molecule has 1 nitrogen and oxygen atoms in total. The van der Waals surface area contributed by atoms with Crippen molar-refractivity contribution in [2.75, 3.05) is 23.1 Å². The average molecular weight is 225 g/mol. The molecule has 15 heavy (non-hydrogen) atoms. The molecule has 1 aromatic rings. The Morgan fingerprint density at radius 3 is 1.73 bits per heavy atom. The molecule has 0 amide bonds. The van der Waals surface area contributed by atoms with Crippen LogP contribution in [-0.2, 0) is 0 Å². The maximum atomic E-state index is 2.54. The minimum atomic E-state index is -0.742. The largest absolute Gasteiger partial charge is 0.330 e. The van der Waals surface area contributed by atoms with Gasteiger partial charge in [-0.3, -0.25) is 0 Å². The quantitative estimate of drug-likeness (QED) is 0.738. The van der Waals surface area contributed by atoms with Gasteiger partial charge in [0.15, 0.2) is 0 Å². The van der Waals surface area contributed by atoms with Gasteiger partial charge in [0.05, 0.1) is 0 Å². The average Bonchev–Trinajstić information content (AvgIpc) is 2.00. The highest BCUT2D eigenvalue weighted by Gasteiger charge is 2.28. The van der Waals surface area contributed by atoms with Crippen molar-refractivity contribution in [1.29, 1.82) is 0 Å². The summed E-state index contributed by atoms with van der Waals surface area (Å²) in [6.45, 7) is 6.83. The summed E-state index contributed by atoms with van der Waals surface area (Å²) < 4.78 is 2.54. The monoisotopic (exact) mass is 225 g/mol. The smallest absolute Gasteiger partial charge is 0.0459 e. The van der Waals surface area contributed by atoms with Crippen LogP contribution >= 0.6 is 10.2 Å². The third-order valence-electron chi connectivity index (χ3n) is 2.15. The van der Waals surface area contributed by atoms with E-state index in [-0.39, 0.29) is 5.54 Å². The minimum Gasteiger partial charge on any atom is -0.330 e. The van der Waals surface area contributed by atoms with Crippen LogP contribution in [-0.4, -0.2) is 24.3 Å². The summed E-state index contributed by atoms with van der Waals surface area (Å²) in [5.41, 5.74) is 1.50. The van der Waals surface area contributed by atoms with Crippen LogP contribution in [0.25, 0.3) is 0 Å². The number of hydrogen-bond acceptors (Lipinski definition) is 1. The lowest BCUT2D eigenvalue weighted by molar-refractivity contribution is 0.586. The number of benzene rings is 1. The van der Waals surface area contributed by atoms with Crippen molar-refractivity contribution in [3.05, 3.63) is 30.3 Å². The Kier molecular flexibility index (Phi) is 3.39. The highest BCUT2D eigenvalue weighted by Crippen LogP contribution is 2.48. The summed E-state index contributed by atoms with van der Waals surface area (Å²) in [4.78, 5) is 0. The van der Waals surface area contributed by atoms with Gasteiger partial charge in [-0.2, -0.15) is 10.2 Å². The lowest BCUT2D eigenvalue weighted by atomic mass is 10.1. The standard InChI is InChI=1S/C13H23NS/c1-13(2,3)14(15(4,5)6)12-10-8-7-9-11-12/h7-11H,1-6H3. The zero-order valence-electron chi connectivity index (χ0n) is 10.7. The van der Waals surface area contributed by atoms with Crippen LogP contribution in [0.2, 0.25) is 0 Å². The topological polar surface area (TPSA) is 3.24 Å². The first-order valence-electron chi connectivity index (χ1n) is 5.27. The van der Waals surface area contributed by atoms with Crippen molar-refractivity contribution >= 4 is 15.9 Å². The minimum absolute atomic E-state index is 0.176. The van der Waals surface area contributed by atoms with Crippen molar-refractivity contribution < 1.29 is 0 Å². The SMILES string of the molecule is CC(C)(C)N(c1ccccc1)S(C)(C)C. The lowest BCUT2D eigenvalue weighted by Gasteiger charge is -2.50. The molecule has 0 aromatic heterocycles. The highest BCUT2D eigenvalue weighted by atomic mass is 32.3. The summed E-state index contributed by atoms with van der Waals surface area (Å²) >= 11 is 0. The van der Waals surface area contributed by atoms with Crippen molar-refractivity contribution in [1.82, 2.24) is 0 Å². The number of anilines is 1. The van der Waals surface area contributed by atoms with Gasteiger partial charge in [-0.1, -0.05) is 18.2 Å². The number of para-hydroxylation sites is 1. The van der Waals surface area contributed by atoms with Crippen LogP contribution in [0.15, 0.2) is 30.3 Å². The molecule has 0 aliphatic heterocycles. The number of rotatable bonds is 2. The molecule has 0 saturated carbocycles. The molecule has 0 N–H and O–H groups in total. The van der Waals surface area contributed by atoms with E-state index in [1.54, 1.807) is 0 Å². The lowest BCUT2D eigenvalue weighted by Crippen LogP contribution is -2.42. The molecule has 0 aliphatic carbocycles. The van der Waals surface area contributed by atoms with Crippen molar-refractivity contribution in [2.45, 2.75) is 26.3 Å². The predicted octanol–water partition coefficient (Wildman–Crippen LogP) is 3.90. The van der Waals surface area contributed by atoms with Crippen LogP contribution in [0.5, 0.6) is 0 Å². The molecule has 1 rings (SSSR count). The molecule has 0 bridgehead atoms. The van der Waals surface area contributed by atoms with E-state index in [9.17, 15) is 0 Å². The predicted molar refractivity (Wildman–Crippen MR) is 74.0 cm³/mol. The molecule has 1 aromatic carbocycles. The molecule has 86 valence electrons. The van der Waals surface area contributed by atoms with Crippen molar-refractivity contribution in [2.24, 2.45) is 0 Å². The molecular weight excluding hydrogens is 202 g/mol. The van der Waals surface area contributed by atoms with E-state index in [1.807, 2.05) is 0 Å². The van der Waals surface area contributed by atoms with E-state index < -0.39 is 10.2 Å². The van der Waals surface area contributed by atoms with Crippen LogP contribution in [0.1, 0.15) is 20.8 Å². The number of hydrogen-bond donors (Lipinski definition) is 0. The Balaban J connectivity index is 3.15. The van der Waals surface area contributed by atoms with Gasteiger partial charge in [0.2, 0.25) is 0 Å². The second kappa shape index (κ2) is 4.09. The Morgan fingerprint density at radius 1 is 0.933 bits per heavy atom. The van der Waals surface area contributed by atoms with Crippen LogP contribution in [0, 0.1) is 0 Å². The first kappa shape index (κ1) is 12.4. The molecule has 0 heterocycles. The zero-order valence-corrected chi connectivity index (χ0v) is 11.6. The molecule has 0 fully saturated rings. The van der Waals surface area contributed by atoms with Gasteiger partial charge in [-0.05, 0) is 51.7 Å². The third-order valence-corrected chi connectivity index (χ3v) is 4.00. The third kappa shape index (κ3) is 3.16. The molecular formula is C13H23NS. The van der Waals surface area contributed by atoms with Crippen LogP contribution < -0.4 is 4.31 Å². The molecule has 2 heteroatoms. The molecule has 0 unspecified atom stereocenters. The van der Waals surface area contributed by atoms with Gasteiger partial charge in [0.1, 0.15) is 0 Å². The highest BCUT2D eigenvalue weighted by molar-refractivity contribution is 8.33. The summed E-state index contributed by atoms with van der Waals surface area (Å²) in [6.07, 6.45) is 7.02. The van der Waals surface area contributed by atoms with E-state index in [0.29, 0.717) is 0 Å². The second-order valence-electron chi connectivity index (χ2n) is 5.57. The fourth-order valence-corrected chi connectivity index (χ4v) is 4.49. The maximum Gasteiger partial charge on any atom is 0.0459 e. The van der Waals surface area contributed by atoms with Gasteiger partial charge in [0.25, 0.3) is 0 Å². The van der Waals surface area contributed by atoms with Crippen molar-refractivity contribution in [3.8, 4) is 0 Å². The molecule has 0 radical (unpaired) electrons. The van der Waals surface area contributed by atoms with Gasteiger partial charge >= 0.3 is 0 Å². The Hall–Kier alpha value is -0.630. The van der Waals surface area contributed by atoms with Gasteiger partial charge in [-0.25, -0.2) is 0 Å². The van der Waals surface area contributed by atoms with E-state index in [0.717, 1.165) is 0 Å². The Labute approximate surface area is 95.9 Å². The number of nitrogens with zero attached hydrogens (tertiary/aromatic N) is 1. The maximum absolute atomic E-state index is 2.54. The van der Waals surface area contributed by atoms with Crippen molar-refractivity contribution in [3.63, 3.8) is 0 Å². The molecule has 0 aliphatic rings. The summed E-state index contributed by atoms with van der Waals surface area (Å²) in [6, 6.07) is 10.7. The fourth-order valence-electron chi connectivity index (χ4n) is 2.09. The van der Waals surface area contributed by atoms with E-state index in [4.69, 9.17) is 0 Å². The van der Waals surface area contributed by atoms with Gasteiger partial charge in [-0.15, -0.1) is 0 Å². The van der Waals surface area contributed by atoms with Gasteiger partial charge in [0, 0.05) is 11.2 Å². The van der Waals surface area contributed by atoms with Crippen LogP contribution in [0.4, 0.5) is 5.69 Å². The fraction of sp³-hybridized carbons (Fsp3) is 0.538. The summed E-state index contributed by atoms with van der Waals surface area (Å²) in [7, 11) is -0.742. The summed E-state index contributed by atoms with van der Waals surface area (Å²) in [5, 5.41) is 0. The first-order valence-corrected chi connectivity index (χ1v) is 8.08. The molecule has 0 atom stereocenters. The second-order valence-corrected chi connectivity index (χ2v) is 9.48. The zero-order chi connectivity index (χ0) is 11.7. The Morgan fingerprint density at radius 2 is 1.40 bits per heavy atom. The van der Waals surface area contributed by atoms with Gasteiger partial charge < -0.3 is 4.31 Å². The molecule has 0 saturated heterocycles.